The topological polar surface area (TPSA) is 77.0 Å². The molecule has 1 fully saturated rings. The van der Waals surface area contributed by atoms with Crippen molar-refractivity contribution in [3.8, 4) is 0 Å². The zero-order chi connectivity index (χ0) is 14.7. The van der Waals surface area contributed by atoms with Gasteiger partial charge in [-0.25, -0.2) is 0 Å². The van der Waals surface area contributed by atoms with Crippen LogP contribution in [-0.4, -0.2) is 43.8 Å². The summed E-state index contributed by atoms with van der Waals surface area (Å²) in [5, 5.41) is 8.04. The lowest BCUT2D eigenvalue weighted by Gasteiger charge is -2.32. The van der Waals surface area contributed by atoms with Gasteiger partial charge in [-0.05, 0) is 18.9 Å². The van der Waals surface area contributed by atoms with E-state index in [0.29, 0.717) is 12.5 Å². The van der Waals surface area contributed by atoms with Gasteiger partial charge >= 0.3 is 0 Å². The number of aromatic nitrogens is 4. The molecule has 0 aromatic carbocycles. The second kappa shape index (κ2) is 6.07. The molecule has 1 saturated heterocycles. The van der Waals surface area contributed by atoms with Gasteiger partial charge in [0.1, 0.15) is 0 Å². The van der Waals surface area contributed by atoms with Crippen molar-refractivity contribution in [2.75, 3.05) is 13.1 Å². The molecule has 1 atom stereocenters. The Labute approximate surface area is 122 Å². The predicted octanol–water partition coefficient (Wildman–Crippen LogP) is 1.31. The summed E-state index contributed by atoms with van der Waals surface area (Å²) in [4.78, 5) is 18.5. The van der Waals surface area contributed by atoms with Crippen molar-refractivity contribution < 1.29 is 9.32 Å². The van der Waals surface area contributed by atoms with Gasteiger partial charge in [0.15, 0.2) is 5.82 Å². The van der Waals surface area contributed by atoms with Crippen LogP contribution in [0.1, 0.15) is 31.5 Å². The van der Waals surface area contributed by atoms with Gasteiger partial charge in [-0.3, -0.25) is 9.48 Å². The molecule has 7 heteroatoms. The summed E-state index contributed by atoms with van der Waals surface area (Å²) in [5.41, 5.74) is 0. The number of amides is 1. The first-order valence-electron chi connectivity index (χ1n) is 7.26. The lowest BCUT2D eigenvalue weighted by molar-refractivity contribution is -0.136. The normalized spacial score (nSPS) is 17.9. The van der Waals surface area contributed by atoms with Gasteiger partial charge in [-0.15, -0.1) is 0 Å². The highest BCUT2D eigenvalue weighted by molar-refractivity contribution is 5.78. The highest BCUT2D eigenvalue weighted by Crippen LogP contribution is 2.26. The van der Waals surface area contributed by atoms with E-state index >= 15 is 0 Å². The van der Waals surface area contributed by atoms with Gasteiger partial charge in [-0.2, -0.15) is 10.1 Å². The molecule has 1 amide bonds. The third-order valence-corrected chi connectivity index (χ3v) is 3.99. The molecule has 7 nitrogen and oxygen atoms in total. The van der Waals surface area contributed by atoms with E-state index in [2.05, 4.69) is 15.2 Å². The Morgan fingerprint density at radius 1 is 1.48 bits per heavy atom. The maximum absolute atomic E-state index is 12.5. The Morgan fingerprint density at radius 2 is 2.29 bits per heavy atom. The van der Waals surface area contributed by atoms with E-state index in [0.717, 1.165) is 31.8 Å². The van der Waals surface area contributed by atoms with Crippen LogP contribution in [0.15, 0.2) is 29.4 Å². The highest BCUT2D eigenvalue weighted by Gasteiger charge is 2.28. The third-order valence-electron chi connectivity index (χ3n) is 3.99. The molecule has 3 rings (SSSR count). The largest absolute Gasteiger partial charge is 0.343 e. The molecule has 1 unspecified atom stereocenters. The molecule has 112 valence electrons. The van der Waals surface area contributed by atoms with E-state index in [1.165, 1.54) is 6.39 Å². The van der Waals surface area contributed by atoms with Crippen LogP contribution in [0.4, 0.5) is 0 Å². The highest BCUT2D eigenvalue weighted by atomic mass is 16.5. The Balaban J connectivity index is 1.52. The molecule has 3 heterocycles. The van der Waals surface area contributed by atoms with Gasteiger partial charge in [0.25, 0.3) is 0 Å². The number of rotatable bonds is 4. The minimum absolute atomic E-state index is 0.0633. The lowest BCUT2D eigenvalue weighted by Crippen LogP contribution is -2.41. The van der Waals surface area contributed by atoms with Gasteiger partial charge in [0, 0.05) is 31.4 Å². The Bertz CT molecular complexity index is 558. The number of hydrogen-bond donors (Lipinski definition) is 0. The molecular weight excluding hydrogens is 270 g/mol. The fraction of sp³-hybridized carbons (Fsp3) is 0.571. The molecule has 2 aromatic rings. The molecule has 0 saturated carbocycles. The number of likely N-dealkylation sites (tertiary alicyclic amines) is 1. The van der Waals surface area contributed by atoms with E-state index in [1.807, 2.05) is 24.1 Å². The van der Waals surface area contributed by atoms with Crippen molar-refractivity contribution >= 4 is 5.91 Å². The minimum Gasteiger partial charge on any atom is -0.343 e. The zero-order valence-corrected chi connectivity index (χ0v) is 12.1. The smallest absolute Gasteiger partial charge is 0.227 e. The second-order valence-electron chi connectivity index (χ2n) is 5.52. The molecular formula is C14H19N5O2. The molecule has 0 bridgehead atoms. The first-order chi connectivity index (χ1) is 10.2. The Hall–Kier alpha value is -2.18. The van der Waals surface area contributed by atoms with E-state index in [1.54, 1.807) is 10.9 Å². The maximum atomic E-state index is 12.5. The van der Waals surface area contributed by atoms with Crippen LogP contribution < -0.4 is 0 Å². The minimum atomic E-state index is -0.0633. The number of carbonyl (C=O) groups excluding carboxylic acids is 1. The molecule has 2 aromatic heterocycles. The van der Waals surface area contributed by atoms with Gasteiger partial charge in [0.05, 0.1) is 12.5 Å². The second-order valence-corrected chi connectivity index (χ2v) is 5.52. The molecule has 0 spiro atoms. The average Bonchev–Trinajstić information content (AvgIpc) is 3.20. The summed E-state index contributed by atoms with van der Waals surface area (Å²) in [7, 11) is 0. The first-order valence-corrected chi connectivity index (χ1v) is 7.26. The molecule has 0 radical (unpaired) electrons. The molecule has 1 aliphatic rings. The number of piperidine rings is 1. The molecule has 0 aliphatic carbocycles. The maximum Gasteiger partial charge on any atom is 0.227 e. The van der Waals surface area contributed by atoms with E-state index < -0.39 is 0 Å². The number of hydrogen-bond acceptors (Lipinski definition) is 5. The molecule has 1 aliphatic heterocycles. The summed E-state index contributed by atoms with van der Waals surface area (Å²) >= 11 is 0. The Morgan fingerprint density at radius 3 is 2.90 bits per heavy atom. The summed E-state index contributed by atoms with van der Waals surface area (Å²) < 4.78 is 6.59. The van der Waals surface area contributed by atoms with E-state index in [4.69, 9.17) is 4.52 Å². The SMILES string of the molecule is CC(Cn1cccn1)C(=O)N1CCC(c2ncon2)CC1. The number of nitrogens with zero attached hydrogens (tertiary/aromatic N) is 5. The monoisotopic (exact) mass is 289 g/mol. The van der Waals surface area contributed by atoms with Crippen molar-refractivity contribution in [2.24, 2.45) is 5.92 Å². The number of carbonyl (C=O) groups is 1. The lowest BCUT2D eigenvalue weighted by atomic mass is 9.95. The first kappa shape index (κ1) is 13.8. The van der Waals surface area contributed by atoms with Crippen LogP contribution in [0.3, 0.4) is 0 Å². The van der Waals surface area contributed by atoms with Crippen molar-refractivity contribution in [3.63, 3.8) is 0 Å². The zero-order valence-electron chi connectivity index (χ0n) is 12.1. The van der Waals surface area contributed by atoms with E-state index in [-0.39, 0.29) is 11.8 Å². The average molecular weight is 289 g/mol. The van der Waals surface area contributed by atoms with Crippen LogP contribution >= 0.6 is 0 Å². The van der Waals surface area contributed by atoms with Crippen LogP contribution in [0.25, 0.3) is 0 Å². The van der Waals surface area contributed by atoms with Crippen LogP contribution in [0, 0.1) is 5.92 Å². The van der Waals surface area contributed by atoms with Crippen LogP contribution in [0.2, 0.25) is 0 Å². The Kier molecular flexibility index (Phi) is 3.98. The van der Waals surface area contributed by atoms with Gasteiger partial charge in [-0.1, -0.05) is 12.1 Å². The fourth-order valence-electron chi connectivity index (χ4n) is 2.80. The molecule has 21 heavy (non-hydrogen) atoms. The van der Waals surface area contributed by atoms with Crippen molar-refractivity contribution in [3.05, 3.63) is 30.7 Å². The van der Waals surface area contributed by atoms with Gasteiger partial charge in [0.2, 0.25) is 12.3 Å². The van der Waals surface area contributed by atoms with Gasteiger partial charge < -0.3 is 9.42 Å². The van der Waals surface area contributed by atoms with E-state index in [9.17, 15) is 4.79 Å². The molecule has 0 N–H and O–H groups in total. The van der Waals surface area contributed by atoms with Crippen molar-refractivity contribution in [1.82, 2.24) is 24.8 Å². The quantitative estimate of drug-likeness (QED) is 0.848. The van der Waals surface area contributed by atoms with Crippen LogP contribution in [-0.2, 0) is 11.3 Å². The van der Waals surface area contributed by atoms with Crippen molar-refractivity contribution in [1.29, 1.82) is 0 Å². The third kappa shape index (κ3) is 3.12. The van der Waals surface area contributed by atoms with Crippen LogP contribution in [0.5, 0.6) is 0 Å². The standard InChI is InChI=1S/C14H19N5O2/c1-11(9-19-6-2-5-16-19)14(20)18-7-3-12(4-8-18)13-15-10-21-17-13/h2,5-6,10-12H,3-4,7-9H2,1H3. The summed E-state index contributed by atoms with van der Waals surface area (Å²) in [6.07, 6.45) is 6.75. The fourth-order valence-corrected chi connectivity index (χ4v) is 2.80. The predicted molar refractivity (Wildman–Crippen MR) is 74.2 cm³/mol. The summed E-state index contributed by atoms with van der Waals surface area (Å²) in [6.45, 7) is 4.08. The van der Waals surface area contributed by atoms with Crippen molar-refractivity contribution in [2.45, 2.75) is 32.2 Å². The summed E-state index contributed by atoms with van der Waals surface area (Å²) in [6, 6.07) is 1.87. The summed E-state index contributed by atoms with van der Waals surface area (Å²) in [5.74, 6) is 1.18.